The second-order valence-corrected chi connectivity index (χ2v) is 8.33. The number of carbonyl (C=O) groups excluding carboxylic acids is 2. The van der Waals surface area contributed by atoms with Crippen LogP contribution in [0.4, 0.5) is 5.69 Å². The summed E-state index contributed by atoms with van der Waals surface area (Å²) in [7, 11) is 0. The summed E-state index contributed by atoms with van der Waals surface area (Å²) >= 11 is 11.9. The second-order valence-electron chi connectivity index (χ2n) is 7.46. The molecule has 2 aromatic rings. The molecule has 1 fully saturated rings. The molecule has 0 spiro atoms. The molecule has 31 heavy (non-hydrogen) atoms. The molecule has 2 aliphatic heterocycles. The Kier molecular flexibility index (Phi) is 6.97. The van der Waals surface area contributed by atoms with Gasteiger partial charge in [0.25, 0.3) is 11.8 Å². The van der Waals surface area contributed by atoms with Gasteiger partial charge in [-0.25, -0.2) is 10.3 Å². The molecule has 164 valence electrons. The monoisotopic (exact) mass is 464 g/mol. The smallest absolute Gasteiger partial charge is 0.284 e. The zero-order valence-corrected chi connectivity index (χ0v) is 18.2. The molecule has 0 aliphatic carbocycles. The fraction of sp³-hybridized carbons (Fsp3) is 0.364. The summed E-state index contributed by atoms with van der Waals surface area (Å²) < 4.78 is 11.3. The van der Waals surface area contributed by atoms with E-state index in [1.54, 1.807) is 30.3 Å². The van der Waals surface area contributed by atoms with Crippen molar-refractivity contribution in [1.29, 1.82) is 0 Å². The Morgan fingerprint density at radius 3 is 2.58 bits per heavy atom. The average Bonchev–Trinajstić information content (AvgIpc) is 2.77. The largest absolute Gasteiger partial charge is 0.480 e. The van der Waals surface area contributed by atoms with Crippen molar-refractivity contribution < 1.29 is 23.9 Å². The number of aryl methyl sites for hydroxylation is 1. The first kappa shape index (κ1) is 21.9. The molecule has 4 rings (SSSR count). The van der Waals surface area contributed by atoms with E-state index in [0.717, 1.165) is 24.8 Å². The lowest BCUT2D eigenvalue weighted by Gasteiger charge is -2.27. The van der Waals surface area contributed by atoms with E-state index in [2.05, 4.69) is 10.8 Å². The Hall–Kier alpha value is -2.32. The van der Waals surface area contributed by atoms with Gasteiger partial charge in [-0.1, -0.05) is 23.2 Å². The van der Waals surface area contributed by atoms with Gasteiger partial charge in [0, 0.05) is 34.3 Å². The number of hydrogen-bond acceptors (Lipinski definition) is 5. The summed E-state index contributed by atoms with van der Waals surface area (Å²) in [5.41, 5.74) is 4.34. The second kappa shape index (κ2) is 9.87. The number of nitrogens with one attached hydrogen (secondary N) is 2. The van der Waals surface area contributed by atoms with Crippen LogP contribution < -0.4 is 15.5 Å². The molecule has 0 aromatic heterocycles. The minimum Gasteiger partial charge on any atom is -0.480 e. The summed E-state index contributed by atoms with van der Waals surface area (Å²) in [6.07, 6.45) is 2.83. The first-order valence-electron chi connectivity index (χ1n) is 10.1. The summed E-state index contributed by atoms with van der Waals surface area (Å²) in [6, 6.07) is 9.95. The molecule has 2 aromatic carbocycles. The number of carbonyl (C=O) groups is 2. The van der Waals surface area contributed by atoms with Crippen molar-refractivity contribution in [3.63, 3.8) is 0 Å². The van der Waals surface area contributed by atoms with E-state index in [9.17, 15) is 9.59 Å². The molecule has 1 saturated heterocycles. The van der Waals surface area contributed by atoms with Crippen molar-refractivity contribution in [1.82, 2.24) is 5.48 Å². The van der Waals surface area contributed by atoms with Crippen molar-refractivity contribution in [3.8, 4) is 5.75 Å². The number of hydroxylamine groups is 1. The van der Waals surface area contributed by atoms with E-state index in [-0.39, 0.29) is 11.8 Å². The van der Waals surface area contributed by atoms with E-state index < -0.39 is 12.4 Å². The van der Waals surface area contributed by atoms with Gasteiger partial charge < -0.3 is 14.8 Å². The van der Waals surface area contributed by atoms with Crippen molar-refractivity contribution in [2.24, 2.45) is 0 Å². The Labute approximate surface area is 189 Å². The summed E-state index contributed by atoms with van der Waals surface area (Å²) in [5.74, 6) is -0.0560. The maximum Gasteiger partial charge on any atom is 0.284 e. The molecule has 0 saturated carbocycles. The van der Waals surface area contributed by atoms with E-state index >= 15 is 0 Å². The van der Waals surface area contributed by atoms with Crippen LogP contribution in [0.2, 0.25) is 10.0 Å². The van der Waals surface area contributed by atoms with E-state index in [1.807, 2.05) is 6.07 Å². The number of amides is 2. The zero-order chi connectivity index (χ0) is 21.8. The number of anilines is 1. The highest BCUT2D eigenvalue weighted by Crippen LogP contribution is 2.30. The molecular formula is C22H22Cl2N2O5. The minimum atomic E-state index is -0.648. The van der Waals surface area contributed by atoms with Crippen LogP contribution in [0, 0.1) is 0 Å². The van der Waals surface area contributed by atoms with Crippen LogP contribution in [-0.4, -0.2) is 30.8 Å². The lowest BCUT2D eigenvalue weighted by molar-refractivity contribution is -0.203. The number of ether oxygens (including phenoxy) is 2. The predicted octanol–water partition coefficient (Wildman–Crippen LogP) is 4.51. The highest BCUT2D eigenvalue weighted by Gasteiger charge is 2.27. The summed E-state index contributed by atoms with van der Waals surface area (Å²) in [6.45, 7) is 0.636. The van der Waals surface area contributed by atoms with E-state index in [4.69, 9.17) is 37.5 Å². The summed E-state index contributed by atoms with van der Waals surface area (Å²) in [5, 5.41) is 3.61. The third-order valence-corrected chi connectivity index (χ3v) is 5.55. The molecule has 1 unspecified atom stereocenters. The Balaban J connectivity index is 1.34. The molecule has 9 heteroatoms. The molecule has 2 amide bonds. The van der Waals surface area contributed by atoms with Crippen LogP contribution in [0.3, 0.4) is 0 Å². The van der Waals surface area contributed by atoms with Gasteiger partial charge in [-0.05, 0) is 67.6 Å². The van der Waals surface area contributed by atoms with Gasteiger partial charge in [0.05, 0.1) is 0 Å². The molecule has 2 N–H and O–H groups in total. The number of halogens is 2. The Morgan fingerprint density at radius 2 is 1.84 bits per heavy atom. The average molecular weight is 465 g/mol. The summed E-state index contributed by atoms with van der Waals surface area (Å²) in [4.78, 5) is 30.2. The van der Waals surface area contributed by atoms with Crippen molar-refractivity contribution in [2.45, 2.75) is 44.5 Å². The Bertz CT molecular complexity index is 958. The van der Waals surface area contributed by atoms with Crippen molar-refractivity contribution in [3.05, 3.63) is 57.6 Å². The van der Waals surface area contributed by atoms with Crippen LogP contribution in [0.25, 0.3) is 0 Å². The van der Waals surface area contributed by atoms with Crippen molar-refractivity contribution >= 4 is 40.7 Å². The first-order chi connectivity index (χ1) is 15.0. The van der Waals surface area contributed by atoms with Crippen LogP contribution in [0.15, 0.2) is 36.4 Å². The molecule has 2 aliphatic rings. The molecule has 2 atom stereocenters. The highest BCUT2D eigenvalue weighted by molar-refractivity contribution is 6.35. The fourth-order valence-electron chi connectivity index (χ4n) is 3.53. The highest BCUT2D eigenvalue weighted by atomic mass is 35.5. The van der Waals surface area contributed by atoms with Gasteiger partial charge >= 0.3 is 0 Å². The van der Waals surface area contributed by atoms with Crippen LogP contribution >= 0.6 is 23.2 Å². The Morgan fingerprint density at radius 1 is 1.03 bits per heavy atom. The van der Waals surface area contributed by atoms with Crippen molar-refractivity contribution in [2.75, 3.05) is 11.9 Å². The third-order valence-electron chi connectivity index (χ3n) is 5.11. The predicted molar refractivity (Wildman–Crippen MR) is 116 cm³/mol. The number of rotatable bonds is 5. The number of fused-ring (bicyclic) bond motifs is 1. The van der Waals surface area contributed by atoms with E-state index in [0.29, 0.717) is 46.5 Å². The van der Waals surface area contributed by atoms with Crippen LogP contribution in [0.1, 0.15) is 41.6 Å². The van der Waals surface area contributed by atoms with Gasteiger partial charge in [0.1, 0.15) is 5.75 Å². The van der Waals surface area contributed by atoms with Gasteiger partial charge in [-0.15, -0.1) is 0 Å². The van der Waals surface area contributed by atoms with Gasteiger partial charge in [0.2, 0.25) is 0 Å². The minimum absolute atomic E-state index is 0.319. The normalized spacial score (nSPS) is 20.3. The third kappa shape index (κ3) is 5.68. The van der Waals surface area contributed by atoms with Gasteiger partial charge in [0.15, 0.2) is 12.4 Å². The molecule has 0 bridgehead atoms. The van der Waals surface area contributed by atoms with Gasteiger partial charge in [-0.3, -0.25) is 9.59 Å². The standard InChI is InChI=1S/C22H22Cl2N2O5/c23-15-9-14(10-16(24)12-15)21(27)25-17-5-7-18-13(11-17)4-6-19(30-18)22(28)26-31-20-3-1-2-8-29-20/h5,7,9-12,19-20H,1-4,6,8H2,(H,25,27)(H,26,28)/t19-,20?/m0/s1. The number of hydrogen-bond donors (Lipinski definition) is 2. The maximum absolute atomic E-state index is 12.5. The molecule has 7 nitrogen and oxygen atoms in total. The maximum atomic E-state index is 12.5. The SMILES string of the molecule is O=C(Nc1ccc2c(c1)CC[C@@H](C(=O)NOC1CCCCO1)O2)c1cc(Cl)cc(Cl)c1. The first-order valence-corrected chi connectivity index (χ1v) is 10.9. The molecular weight excluding hydrogens is 443 g/mol. The van der Waals surface area contributed by atoms with E-state index in [1.165, 1.54) is 0 Å². The topological polar surface area (TPSA) is 85.9 Å². The lowest BCUT2D eigenvalue weighted by Crippen LogP contribution is -2.42. The quantitative estimate of drug-likeness (QED) is 0.635. The van der Waals surface area contributed by atoms with Gasteiger partial charge in [-0.2, -0.15) is 0 Å². The molecule has 0 radical (unpaired) electrons. The lowest BCUT2D eigenvalue weighted by atomic mass is 10.0. The zero-order valence-electron chi connectivity index (χ0n) is 16.7. The fourth-order valence-corrected chi connectivity index (χ4v) is 4.06. The van der Waals surface area contributed by atoms with Crippen LogP contribution in [-0.2, 0) is 20.8 Å². The molecule has 2 heterocycles. The van der Waals surface area contributed by atoms with Crippen LogP contribution in [0.5, 0.6) is 5.75 Å². The number of benzene rings is 2.